The van der Waals surface area contributed by atoms with Crippen molar-refractivity contribution in [1.29, 1.82) is 0 Å². The summed E-state index contributed by atoms with van der Waals surface area (Å²) in [5.74, 6) is 0. The van der Waals surface area contributed by atoms with E-state index in [-0.39, 0.29) is 0 Å². The topological polar surface area (TPSA) is 40.5 Å². The van der Waals surface area contributed by atoms with Gasteiger partial charge in [0.1, 0.15) is 0 Å². The van der Waals surface area contributed by atoms with E-state index < -0.39 is 11.2 Å². The third kappa shape index (κ3) is 1.70. The van der Waals surface area contributed by atoms with Crippen LogP contribution in [0.4, 0.5) is 0 Å². The van der Waals surface area contributed by atoms with E-state index in [1.807, 2.05) is 13.8 Å². The highest BCUT2D eigenvalue weighted by Crippen LogP contribution is 2.27. The zero-order valence-corrected chi connectivity index (χ0v) is 7.31. The van der Waals surface area contributed by atoms with Gasteiger partial charge in [0.15, 0.2) is 0 Å². The van der Waals surface area contributed by atoms with Crippen LogP contribution in [0.1, 0.15) is 40.5 Å². The highest BCUT2D eigenvalue weighted by atomic mass is 16.4. The Kier molecular flexibility index (Phi) is 2.86. The molecule has 0 aromatic carbocycles. The predicted octanol–water partition coefficient (Wildman–Crippen LogP) is 1.31. The van der Waals surface area contributed by atoms with Crippen LogP contribution in [0.3, 0.4) is 0 Å². The molecule has 0 bridgehead atoms. The molecule has 0 aromatic heterocycles. The molecular weight excluding hydrogens is 128 g/mol. The summed E-state index contributed by atoms with van der Waals surface area (Å²) >= 11 is 0. The van der Waals surface area contributed by atoms with Crippen molar-refractivity contribution in [2.24, 2.45) is 0 Å². The molecule has 0 fully saturated rings. The van der Waals surface area contributed by atoms with E-state index in [9.17, 15) is 10.2 Å². The van der Waals surface area contributed by atoms with Gasteiger partial charge in [-0.05, 0) is 26.7 Å². The molecular formula is C8H18O2. The van der Waals surface area contributed by atoms with E-state index in [2.05, 4.69) is 0 Å². The molecule has 10 heavy (non-hydrogen) atoms. The van der Waals surface area contributed by atoms with E-state index in [1.54, 1.807) is 13.8 Å². The fourth-order valence-electron chi connectivity index (χ4n) is 1.12. The van der Waals surface area contributed by atoms with Gasteiger partial charge in [-0.3, -0.25) is 0 Å². The molecule has 0 unspecified atom stereocenters. The Hall–Kier alpha value is -0.0800. The van der Waals surface area contributed by atoms with Gasteiger partial charge >= 0.3 is 0 Å². The van der Waals surface area contributed by atoms with Gasteiger partial charge in [0.2, 0.25) is 0 Å². The minimum absolute atomic E-state index is 0.590. The van der Waals surface area contributed by atoms with Crippen LogP contribution in [0.15, 0.2) is 0 Å². The van der Waals surface area contributed by atoms with E-state index in [1.165, 1.54) is 0 Å². The number of rotatable bonds is 3. The van der Waals surface area contributed by atoms with Crippen molar-refractivity contribution in [2.75, 3.05) is 0 Å². The molecule has 2 N–H and O–H groups in total. The van der Waals surface area contributed by atoms with Crippen molar-refractivity contribution in [2.45, 2.75) is 51.7 Å². The van der Waals surface area contributed by atoms with E-state index in [4.69, 9.17) is 0 Å². The van der Waals surface area contributed by atoms with Gasteiger partial charge in [-0.25, -0.2) is 0 Å². The monoisotopic (exact) mass is 146 g/mol. The van der Waals surface area contributed by atoms with E-state index in [0.29, 0.717) is 12.8 Å². The van der Waals surface area contributed by atoms with E-state index in [0.717, 1.165) is 0 Å². The minimum atomic E-state index is -0.990. The third-order valence-electron chi connectivity index (χ3n) is 2.31. The molecule has 62 valence electrons. The van der Waals surface area contributed by atoms with Crippen LogP contribution >= 0.6 is 0 Å². The van der Waals surface area contributed by atoms with Gasteiger partial charge in [-0.1, -0.05) is 13.8 Å². The Balaban J connectivity index is 4.33. The zero-order valence-electron chi connectivity index (χ0n) is 7.31. The number of aliphatic hydroxyl groups is 2. The van der Waals surface area contributed by atoms with Crippen molar-refractivity contribution in [1.82, 2.24) is 0 Å². The van der Waals surface area contributed by atoms with Crippen LogP contribution in [-0.2, 0) is 0 Å². The third-order valence-corrected chi connectivity index (χ3v) is 2.31. The van der Waals surface area contributed by atoms with Crippen molar-refractivity contribution in [3.63, 3.8) is 0 Å². The highest BCUT2D eigenvalue weighted by Gasteiger charge is 2.38. The maximum atomic E-state index is 9.72. The predicted molar refractivity (Wildman–Crippen MR) is 41.8 cm³/mol. The summed E-state index contributed by atoms with van der Waals surface area (Å²) < 4.78 is 0. The van der Waals surface area contributed by atoms with E-state index >= 15 is 0 Å². The average Bonchev–Trinajstić information content (AvgIpc) is 1.84. The van der Waals surface area contributed by atoms with Crippen LogP contribution in [0.5, 0.6) is 0 Å². The fraction of sp³-hybridized carbons (Fsp3) is 1.00. The largest absolute Gasteiger partial charge is 0.387 e. The lowest BCUT2D eigenvalue weighted by Gasteiger charge is -2.37. The summed E-state index contributed by atoms with van der Waals surface area (Å²) in [6.07, 6.45) is 1.18. The lowest BCUT2D eigenvalue weighted by Crippen LogP contribution is -2.49. The first-order valence-electron chi connectivity index (χ1n) is 3.82. The molecule has 2 heteroatoms. The SMILES string of the molecule is CCC(O)(CC)C(C)(C)O. The molecule has 0 heterocycles. The first-order chi connectivity index (χ1) is 4.37. The summed E-state index contributed by atoms with van der Waals surface area (Å²) in [7, 11) is 0. The Morgan fingerprint density at radius 2 is 1.30 bits per heavy atom. The summed E-state index contributed by atoms with van der Waals surface area (Å²) in [5, 5.41) is 19.2. The molecule has 0 aliphatic rings. The van der Waals surface area contributed by atoms with Crippen LogP contribution in [0.2, 0.25) is 0 Å². The fourth-order valence-corrected chi connectivity index (χ4v) is 1.12. The van der Waals surface area contributed by atoms with Gasteiger partial charge < -0.3 is 10.2 Å². The maximum absolute atomic E-state index is 9.72. The maximum Gasteiger partial charge on any atom is 0.0922 e. The quantitative estimate of drug-likeness (QED) is 0.630. The molecule has 0 saturated heterocycles. The summed E-state index contributed by atoms with van der Waals surface area (Å²) in [4.78, 5) is 0. The van der Waals surface area contributed by atoms with Gasteiger partial charge in [0.25, 0.3) is 0 Å². The van der Waals surface area contributed by atoms with Crippen molar-refractivity contribution >= 4 is 0 Å². The Bertz CT molecular complexity index is 98.3. The van der Waals surface area contributed by atoms with Gasteiger partial charge in [-0.15, -0.1) is 0 Å². The zero-order chi connectivity index (χ0) is 8.41. The molecule has 0 saturated carbocycles. The molecule has 0 aliphatic carbocycles. The normalized spacial score (nSPS) is 13.8. The van der Waals surface area contributed by atoms with Crippen LogP contribution in [0, 0.1) is 0 Å². The average molecular weight is 146 g/mol. The Labute approximate surface area is 62.9 Å². The first-order valence-corrected chi connectivity index (χ1v) is 3.82. The standard InChI is InChI=1S/C8H18O2/c1-5-8(10,6-2)7(3,4)9/h9-10H,5-6H2,1-4H3. The molecule has 0 rings (SSSR count). The Morgan fingerprint density at radius 3 is 1.30 bits per heavy atom. The second kappa shape index (κ2) is 2.89. The smallest absolute Gasteiger partial charge is 0.0922 e. The van der Waals surface area contributed by atoms with Gasteiger partial charge in [0, 0.05) is 0 Å². The minimum Gasteiger partial charge on any atom is -0.387 e. The second-order valence-electron chi connectivity index (χ2n) is 3.30. The Morgan fingerprint density at radius 1 is 1.00 bits per heavy atom. The van der Waals surface area contributed by atoms with Crippen LogP contribution < -0.4 is 0 Å². The summed E-state index contributed by atoms with van der Waals surface area (Å²) in [5.41, 5.74) is -1.91. The van der Waals surface area contributed by atoms with Gasteiger partial charge in [0.05, 0.1) is 11.2 Å². The summed E-state index contributed by atoms with van der Waals surface area (Å²) in [6, 6.07) is 0. The highest BCUT2D eigenvalue weighted by molar-refractivity contribution is 4.91. The molecule has 0 atom stereocenters. The van der Waals surface area contributed by atoms with Crippen molar-refractivity contribution < 1.29 is 10.2 Å². The van der Waals surface area contributed by atoms with Crippen LogP contribution in [-0.4, -0.2) is 21.4 Å². The summed E-state index contributed by atoms with van der Waals surface area (Å²) in [6.45, 7) is 7.03. The molecule has 0 amide bonds. The lowest BCUT2D eigenvalue weighted by molar-refractivity contribution is -0.134. The molecule has 0 aliphatic heterocycles. The molecule has 2 nitrogen and oxygen atoms in total. The van der Waals surface area contributed by atoms with Crippen molar-refractivity contribution in [3.05, 3.63) is 0 Å². The number of hydrogen-bond donors (Lipinski definition) is 2. The number of hydrogen-bond acceptors (Lipinski definition) is 2. The van der Waals surface area contributed by atoms with Crippen molar-refractivity contribution in [3.8, 4) is 0 Å². The molecule has 0 aromatic rings. The first kappa shape index (κ1) is 9.92. The second-order valence-corrected chi connectivity index (χ2v) is 3.30. The lowest BCUT2D eigenvalue weighted by atomic mass is 9.81. The molecule has 0 spiro atoms. The molecule has 0 radical (unpaired) electrons. The van der Waals surface area contributed by atoms with Crippen LogP contribution in [0.25, 0.3) is 0 Å². The van der Waals surface area contributed by atoms with Gasteiger partial charge in [-0.2, -0.15) is 0 Å².